The number of rotatable bonds is 6. The van der Waals surface area contributed by atoms with Crippen LogP contribution in [0, 0.1) is 6.92 Å². The van der Waals surface area contributed by atoms with Crippen molar-refractivity contribution in [2.24, 2.45) is 0 Å². The number of fused-ring (bicyclic) bond motifs is 1. The Morgan fingerprint density at radius 3 is 2.76 bits per heavy atom. The smallest absolute Gasteiger partial charge is 0.336 e. The maximum Gasteiger partial charge on any atom is 0.336 e. The molecule has 0 atom stereocenters. The van der Waals surface area contributed by atoms with E-state index in [1.54, 1.807) is 6.07 Å². The van der Waals surface area contributed by atoms with Gasteiger partial charge in [-0.2, -0.15) is 0 Å². The van der Waals surface area contributed by atoms with Gasteiger partial charge in [0.25, 0.3) is 0 Å². The molecule has 1 aromatic heterocycles. The molecule has 0 fully saturated rings. The van der Waals surface area contributed by atoms with Gasteiger partial charge in [0, 0.05) is 17.0 Å². The molecule has 0 spiro atoms. The van der Waals surface area contributed by atoms with Crippen LogP contribution in [0.2, 0.25) is 0 Å². The predicted octanol–water partition coefficient (Wildman–Crippen LogP) is 3.41. The molecule has 2 aromatic rings. The van der Waals surface area contributed by atoms with E-state index in [2.05, 4.69) is 6.92 Å². The van der Waals surface area contributed by atoms with Gasteiger partial charge in [-0.1, -0.05) is 13.3 Å². The second kappa shape index (κ2) is 6.57. The molecular formula is C17H20O4. The fourth-order valence-electron chi connectivity index (χ4n) is 2.32. The second-order valence-electron chi connectivity index (χ2n) is 5.25. The van der Waals surface area contributed by atoms with Crippen LogP contribution in [0.15, 0.2) is 27.4 Å². The van der Waals surface area contributed by atoms with Gasteiger partial charge in [0.1, 0.15) is 17.9 Å². The Labute approximate surface area is 123 Å². The number of unbranched alkanes of at least 4 members (excludes halogenated alkanes) is 1. The van der Waals surface area contributed by atoms with Gasteiger partial charge in [0.15, 0.2) is 5.78 Å². The quantitative estimate of drug-likeness (QED) is 0.764. The largest absolute Gasteiger partial charge is 0.485 e. The molecular weight excluding hydrogens is 268 g/mol. The molecule has 0 saturated heterocycles. The van der Waals surface area contributed by atoms with E-state index in [0.717, 1.165) is 35.8 Å². The summed E-state index contributed by atoms with van der Waals surface area (Å²) < 4.78 is 10.8. The first kappa shape index (κ1) is 15.3. The molecule has 1 heterocycles. The van der Waals surface area contributed by atoms with Gasteiger partial charge in [-0.05, 0) is 44.4 Å². The van der Waals surface area contributed by atoms with Crippen molar-refractivity contribution in [1.82, 2.24) is 0 Å². The summed E-state index contributed by atoms with van der Waals surface area (Å²) >= 11 is 0. The molecule has 0 amide bonds. The highest BCUT2D eigenvalue weighted by molar-refractivity contribution is 5.85. The molecule has 1 aromatic carbocycles. The number of carbonyl (C=O) groups excluding carboxylic acids is 1. The fourth-order valence-corrected chi connectivity index (χ4v) is 2.32. The van der Waals surface area contributed by atoms with Crippen LogP contribution in [-0.4, -0.2) is 12.4 Å². The Morgan fingerprint density at radius 1 is 1.33 bits per heavy atom. The Balaban J connectivity index is 2.49. The number of benzene rings is 1. The molecule has 4 nitrogen and oxygen atoms in total. The van der Waals surface area contributed by atoms with Crippen molar-refractivity contribution in [3.05, 3.63) is 39.7 Å². The van der Waals surface area contributed by atoms with Gasteiger partial charge < -0.3 is 9.15 Å². The van der Waals surface area contributed by atoms with Gasteiger partial charge in [0.05, 0.1) is 0 Å². The van der Waals surface area contributed by atoms with E-state index in [9.17, 15) is 9.59 Å². The van der Waals surface area contributed by atoms with Crippen molar-refractivity contribution in [3.8, 4) is 5.75 Å². The number of hydrogen-bond donors (Lipinski definition) is 0. The van der Waals surface area contributed by atoms with E-state index in [0.29, 0.717) is 11.3 Å². The van der Waals surface area contributed by atoms with Gasteiger partial charge in [-0.3, -0.25) is 4.79 Å². The first-order valence-corrected chi connectivity index (χ1v) is 7.21. The minimum absolute atomic E-state index is 0.0199. The lowest BCUT2D eigenvalue weighted by Crippen LogP contribution is -2.08. The van der Waals surface area contributed by atoms with Crippen LogP contribution < -0.4 is 10.4 Å². The number of hydrogen-bond acceptors (Lipinski definition) is 4. The van der Waals surface area contributed by atoms with Crippen LogP contribution in [0.4, 0.5) is 0 Å². The van der Waals surface area contributed by atoms with Crippen LogP contribution >= 0.6 is 0 Å². The van der Waals surface area contributed by atoms with Crippen LogP contribution in [0.5, 0.6) is 5.75 Å². The molecule has 2 rings (SSSR count). The number of ketones is 1. The fraction of sp³-hybridized carbons (Fsp3) is 0.412. The zero-order chi connectivity index (χ0) is 15.4. The first-order valence-electron chi connectivity index (χ1n) is 7.21. The molecule has 4 heteroatoms. The molecule has 0 saturated carbocycles. The molecule has 112 valence electrons. The molecule has 0 bridgehead atoms. The third-order valence-electron chi connectivity index (χ3n) is 3.43. The van der Waals surface area contributed by atoms with Crippen LogP contribution in [0.1, 0.15) is 37.8 Å². The van der Waals surface area contributed by atoms with Crippen LogP contribution in [-0.2, 0) is 11.2 Å². The molecule has 0 N–H and O–H groups in total. The highest BCUT2D eigenvalue weighted by Gasteiger charge is 2.12. The normalized spacial score (nSPS) is 10.8. The third kappa shape index (κ3) is 3.51. The van der Waals surface area contributed by atoms with Crippen molar-refractivity contribution in [2.75, 3.05) is 6.61 Å². The Morgan fingerprint density at radius 2 is 2.10 bits per heavy atom. The maximum absolute atomic E-state index is 11.7. The van der Waals surface area contributed by atoms with E-state index in [4.69, 9.17) is 9.15 Å². The van der Waals surface area contributed by atoms with Crippen LogP contribution in [0.25, 0.3) is 11.0 Å². The van der Waals surface area contributed by atoms with Gasteiger partial charge in [0.2, 0.25) is 0 Å². The van der Waals surface area contributed by atoms with Crippen molar-refractivity contribution < 1.29 is 13.9 Å². The Hall–Kier alpha value is -2.10. The maximum atomic E-state index is 11.7. The summed E-state index contributed by atoms with van der Waals surface area (Å²) in [6.07, 6.45) is 2.95. The summed E-state index contributed by atoms with van der Waals surface area (Å²) in [6.45, 7) is 5.45. The summed E-state index contributed by atoms with van der Waals surface area (Å²) in [7, 11) is 0. The number of carbonyl (C=O) groups is 1. The summed E-state index contributed by atoms with van der Waals surface area (Å²) in [4.78, 5) is 22.8. The van der Waals surface area contributed by atoms with Crippen molar-refractivity contribution in [3.63, 3.8) is 0 Å². The molecule has 0 aliphatic carbocycles. The number of Topliss-reactive ketones (excluding diaryl/α,β-unsaturated/α-hetero) is 1. The van der Waals surface area contributed by atoms with E-state index >= 15 is 0 Å². The first-order chi connectivity index (χ1) is 10.0. The summed E-state index contributed by atoms with van der Waals surface area (Å²) in [5.74, 6) is 0.529. The molecule has 0 unspecified atom stereocenters. The molecule has 0 aliphatic rings. The van der Waals surface area contributed by atoms with E-state index < -0.39 is 0 Å². The van der Waals surface area contributed by atoms with E-state index in [1.807, 2.05) is 19.1 Å². The van der Waals surface area contributed by atoms with E-state index in [-0.39, 0.29) is 18.0 Å². The minimum Gasteiger partial charge on any atom is -0.485 e. The average molecular weight is 288 g/mol. The van der Waals surface area contributed by atoms with Gasteiger partial charge >= 0.3 is 5.63 Å². The number of aryl methyl sites for hydroxylation is 2. The van der Waals surface area contributed by atoms with E-state index in [1.165, 1.54) is 6.92 Å². The second-order valence-corrected chi connectivity index (χ2v) is 5.25. The number of ether oxygens (including phenoxy) is 1. The lowest BCUT2D eigenvalue weighted by molar-refractivity contribution is -0.118. The van der Waals surface area contributed by atoms with Crippen molar-refractivity contribution in [2.45, 2.75) is 40.0 Å². The third-order valence-corrected chi connectivity index (χ3v) is 3.43. The zero-order valence-corrected chi connectivity index (χ0v) is 12.7. The summed E-state index contributed by atoms with van der Waals surface area (Å²) in [6, 6.07) is 5.29. The minimum atomic E-state index is -0.347. The lowest BCUT2D eigenvalue weighted by Gasteiger charge is -2.11. The molecule has 21 heavy (non-hydrogen) atoms. The molecule has 0 radical (unpaired) electrons. The highest BCUT2D eigenvalue weighted by Crippen LogP contribution is 2.29. The van der Waals surface area contributed by atoms with Crippen molar-refractivity contribution in [1.29, 1.82) is 0 Å². The summed E-state index contributed by atoms with van der Waals surface area (Å²) in [5.41, 5.74) is 1.96. The van der Waals surface area contributed by atoms with Gasteiger partial charge in [-0.25, -0.2) is 4.79 Å². The average Bonchev–Trinajstić information content (AvgIpc) is 2.44. The molecule has 0 aliphatic heterocycles. The zero-order valence-electron chi connectivity index (χ0n) is 12.7. The predicted molar refractivity (Wildman–Crippen MR) is 82.0 cm³/mol. The van der Waals surface area contributed by atoms with Crippen molar-refractivity contribution >= 4 is 16.8 Å². The SMILES string of the molecule is CCCCc1cc(=O)oc2c(C)c(OCC(C)=O)ccc12. The summed E-state index contributed by atoms with van der Waals surface area (Å²) in [5, 5.41) is 0.940. The Kier molecular flexibility index (Phi) is 4.78. The Bertz CT molecular complexity index is 713. The lowest BCUT2D eigenvalue weighted by atomic mass is 10.0. The van der Waals surface area contributed by atoms with Gasteiger partial charge in [-0.15, -0.1) is 0 Å². The topological polar surface area (TPSA) is 56.5 Å². The highest BCUT2D eigenvalue weighted by atomic mass is 16.5. The standard InChI is InChI=1S/C17H20O4/c1-4-5-6-13-9-16(19)21-17-12(3)15(8-7-14(13)17)20-10-11(2)18/h7-9H,4-6,10H2,1-3H3. The monoisotopic (exact) mass is 288 g/mol. The van der Waals surface area contributed by atoms with Crippen LogP contribution in [0.3, 0.4) is 0 Å².